The molecule has 1 aromatic heterocycles. The molecule has 1 N–H and O–H groups in total. The second-order valence-corrected chi connectivity index (χ2v) is 8.46. The molecule has 0 fully saturated rings. The highest BCUT2D eigenvalue weighted by molar-refractivity contribution is 5.94. The fourth-order valence-corrected chi connectivity index (χ4v) is 3.98. The fourth-order valence-electron chi connectivity index (χ4n) is 3.98. The van der Waals surface area contributed by atoms with Gasteiger partial charge < -0.3 is 14.8 Å². The summed E-state index contributed by atoms with van der Waals surface area (Å²) >= 11 is 0. The molecule has 0 spiro atoms. The van der Waals surface area contributed by atoms with E-state index in [2.05, 4.69) is 5.32 Å². The largest absolute Gasteiger partial charge is 0.352 e. The van der Waals surface area contributed by atoms with Crippen LogP contribution in [0.3, 0.4) is 0 Å². The average molecular weight is 421 g/mol. The van der Waals surface area contributed by atoms with Crippen LogP contribution in [0.15, 0.2) is 48.5 Å². The number of hydrogen-bond acceptors (Lipinski definition) is 3. The summed E-state index contributed by atoms with van der Waals surface area (Å²) < 4.78 is 1.98. The maximum Gasteiger partial charge on any atom is 0.251 e. The molecular weight excluding hydrogens is 388 g/mol. The summed E-state index contributed by atoms with van der Waals surface area (Å²) in [5.74, 6) is 0.758. The minimum absolute atomic E-state index is 0.0677. The Balaban J connectivity index is 1.76. The quantitative estimate of drug-likeness (QED) is 0.600. The molecule has 2 amide bonds. The molecular formula is C25H32N4O2. The van der Waals surface area contributed by atoms with Crippen LogP contribution in [0.5, 0.6) is 0 Å². The van der Waals surface area contributed by atoms with Crippen LogP contribution in [0, 0.1) is 6.92 Å². The van der Waals surface area contributed by atoms with Gasteiger partial charge in [-0.15, -0.1) is 0 Å². The fraction of sp³-hybridized carbons (Fsp3) is 0.400. The van der Waals surface area contributed by atoms with Crippen LogP contribution in [-0.2, 0) is 17.8 Å². The van der Waals surface area contributed by atoms with Crippen molar-refractivity contribution < 1.29 is 9.59 Å². The maximum atomic E-state index is 13.1. The van der Waals surface area contributed by atoms with Crippen LogP contribution >= 0.6 is 0 Å². The van der Waals surface area contributed by atoms with Gasteiger partial charge in [-0.2, -0.15) is 0 Å². The van der Waals surface area contributed by atoms with E-state index in [4.69, 9.17) is 4.98 Å². The van der Waals surface area contributed by atoms with E-state index in [1.54, 1.807) is 0 Å². The van der Waals surface area contributed by atoms with Gasteiger partial charge in [0, 0.05) is 30.6 Å². The number of nitrogens with zero attached hydrogens (tertiary/aromatic N) is 3. The van der Waals surface area contributed by atoms with Crippen LogP contribution < -0.4 is 5.32 Å². The Morgan fingerprint density at radius 3 is 2.29 bits per heavy atom. The van der Waals surface area contributed by atoms with E-state index >= 15 is 0 Å². The van der Waals surface area contributed by atoms with Crippen molar-refractivity contribution in [3.8, 4) is 0 Å². The lowest BCUT2D eigenvalue weighted by Gasteiger charge is -2.31. The van der Waals surface area contributed by atoms with Crippen molar-refractivity contribution in [2.75, 3.05) is 6.54 Å². The lowest BCUT2D eigenvalue weighted by molar-refractivity contribution is -0.135. The van der Waals surface area contributed by atoms with Crippen LogP contribution in [0.1, 0.15) is 49.4 Å². The Kier molecular flexibility index (Phi) is 7.10. The number of imidazole rings is 1. The maximum absolute atomic E-state index is 13.1. The van der Waals surface area contributed by atoms with Crippen LogP contribution in [0.2, 0.25) is 0 Å². The molecule has 0 unspecified atom stereocenters. The van der Waals surface area contributed by atoms with E-state index in [0.717, 1.165) is 22.4 Å². The lowest BCUT2D eigenvalue weighted by Crippen LogP contribution is -2.43. The number of carbonyl (C=O) groups is 2. The van der Waals surface area contributed by atoms with Gasteiger partial charge >= 0.3 is 0 Å². The van der Waals surface area contributed by atoms with Gasteiger partial charge in [0.2, 0.25) is 5.91 Å². The summed E-state index contributed by atoms with van der Waals surface area (Å²) in [6.07, 6.45) is 0.545. The van der Waals surface area contributed by atoms with Gasteiger partial charge in [-0.05, 0) is 58.9 Å². The average Bonchev–Trinajstić information content (AvgIpc) is 3.05. The standard InChI is InChI=1S/C25H32N4O2/c1-17(2)29(18(3)4)24(30)16-28-22-9-7-6-8-21(22)27-23(28)14-15-26-25(31)20-12-10-19(5)11-13-20/h6-13,17-18H,14-16H2,1-5H3,(H,26,31). The number of nitrogens with one attached hydrogen (secondary N) is 1. The van der Waals surface area contributed by atoms with Crippen molar-refractivity contribution in [1.29, 1.82) is 0 Å². The molecule has 6 nitrogen and oxygen atoms in total. The Bertz CT molecular complexity index is 1040. The zero-order valence-electron chi connectivity index (χ0n) is 19.1. The molecule has 1 heterocycles. The second kappa shape index (κ2) is 9.77. The number of fused-ring (bicyclic) bond motifs is 1. The minimum Gasteiger partial charge on any atom is -0.352 e. The lowest BCUT2D eigenvalue weighted by atomic mass is 10.1. The number of rotatable bonds is 8. The number of hydrogen-bond donors (Lipinski definition) is 1. The van der Waals surface area contributed by atoms with Crippen molar-refractivity contribution in [3.05, 3.63) is 65.5 Å². The molecule has 0 aliphatic carbocycles. The van der Waals surface area contributed by atoms with E-state index < -0.39 is 0 Å². The first kappa shape index (κ1) is 22.5. The number of para-hydroxylation sites is 2. The SMILES string of the molecule is Cc1ccc(C(=O)NCCc2nc3ccccc3n2CC(=O)N(C(C)C)C(C)C)cc1. The van der Waals surface area contributed by atoms with E-state index in [0.29, 0.717) is 18.5 Å². The first-order valence-corrected chi connectivity index (χ1v) is 10.9. The third-order valence-corrected chi connectivity index (χ3v) is 5.38. The molecule has 3 rings (SSSR count). The summed E-state index contributed by atoms with van der Waals surface area (Å²) in [6, 6.07) is 15.6. The predicted molar refractivity (Wildman–Crippen MR) is 124 cm³/mol. The molecule has 31 heavy (non-hydrogen) atoms. The van der Waals surface area contributed by atoms with E-state index in [1.165, 1.54) is 0 Å². The van der Waals surface area contributed by atoms with Crippen molar-refractivity contribution >= 4 is 22.8 Å². The number of benzene rings is 2. The third kappa shape index (κ3) is 5.32. The molecule has 6 heteroatoms. The third-order valence-electron chi connectivity index (χ3n) is 5.38. The van der Waals surface area contributed by atoms with E-state index in [9.17, 15) is 9.59 Å². The zero-order chi connectivity index (χ0) is 22.5. The summed E-state index contributed by atoms with van der Waals surface area (Å²) in [5, 5.41) is 2.96. The molecule has 0 aliphatic heterocycles. The Hall–Kier alpha value is -3.15. The van der Waals surface area contributed by atoms with Gasteiger partial charge in [0.15, 0.2) is 0 Å². The first-order chi connectivity index (χ1) is 14.8. The van der Waals surface area contributed by atoms with E-state index in [1.807, 2.05) is 92.6 Å². The van der Waals surface area contributed by atoms with Gasteiger partial charge in [0.05, 0.1) is 11.0 Å². The van der Waals surface area contributed by atoms with Crippen molar-refractivity contribution in [2.24, 2.45) is 0 Å². The Morgan fingerprint density at radius 2 is 1.65 bits per heavy atom. The zero-order valence-corrected chi connectivity index (χ0v) is 19.1. The van der Waals surface area contributed by atoms with Crippen molar-refractivity contribution in [3.63, 3.8) is 0 Å². The molecule has 0 aliphatic rings. The normalized spacial score (nSPS) is 11.3. The molecule has 0 atom stereocenters. The number of amides is 2. The number of carbonyl (C=O) groups excluding carboxylic acids is 2. The van der Waals surface area contributed by atoms with Crippen LogP contribution in [0.4, 0.5) is 0 Å². The summed E-state index contributed by atoms with van der Waals surface area (Å²) in [5.41, 5.74) is 3.55. The number of aromatic nitrogens is 2. The highest BCUT2D eigenvalue weighted by atomic mass is 16.2. The summed E-state index contributed by atoms with van der Waals surface area (Å²) in [6.45, 7) is 10.8. The van der Waals surface area contributed by atoms with Crippen LogP contribution in [0.25, 0.3) is 11.0 Å². The molecule has 3 aromatic rings. The first-order valence-electron chi connectivity index (χ1n) is 10.9. The monoisotopic (exact) mass is 420 g/mol. The highest BCUT2D eigenvalue weighted by Crippen LogP contribution is 2.18. The minimum atomic E-state index is -0.107. The molecule has 0 bridgehead atoms. The van der Waals surface area contributed by atoms with Gasteiger partial charge in [0.25, 0.3) is 5.91 Å². The van der Waals surface area contributed by atoms with Gasteiger partial charge in [-0.3, -0.25) is 9.59 Å². The van der Waals surface area contributed by atoms with Crippen molar-refractivity contribution in [1.82, 2.24) is 19.8 Å². The van der Waals surface area contributed by atoms with Crippen molar-refractivity contribution in [2.45, 2.75) is 59.7 Å². The topological polar surface area (TPSA) is 67.2 Å². The van der Waals surface area contributed by atoms with Gasteiger partial charge in [-0.25, -0.2) is 4.98 Å². The smallest absolute Gasteiger partial charge is 0.251 e. The molecule has 0 saturated carbocycles. The second-order valence-electron chi connectivity index (χ2n) is 8.46. The molecule has 0 saturated heterocycles. The van der Waals surface area contributed by atoms with Gasteiger partial charge in [-0.1, -0.05) is 29.8 Å². The predicted octanol–water partition coefficient (Wildman–Crippen LogP) is 3.96. The summed E-state index contributed by atoms with van der Waals surface area (Å²) in [7, 11) is 0. The molecule has 2 aromatic carbocycles. The number of aryl methyl sites for hydroxylation is 1. The Morgan fingerprint density at radius 1 is 1.00 bits per heavy atom. The molecule has 0 radical (unpaired) electrons. The molecule has 164 valence electrons. The van der Waals surface area contributed by atoms with E-state index in [-0.39, 0.29) is 30.4 Å². The summed E-state index contributed by atoms with van der Waals surface area (Å²) in [4.78, 5) is 32.2. The van der Waals surface area contributed by atoms with Gasteiger partial charge in [0.1, 0.15) is 12.4 Å². The highest BCUT2D eigenvalue weighted by Gasteiger charge is 2.22. The van der Waals surface area contributed by atoms with Crippen LogP contribution in [-0.4, -0.2) is 44.9 Å². The Labute approximate surface area is 184 Å².